The van der Waals surface area contributed by atoms with Crippen LogP contribution >= 0.6 is 11.6 Å². The van der Waals surface area contributed by atoms with Gasteiger partial charge in [0.15, 0.2) is 17.2 Å². The molecule has 0 bridgehead atoms. The fourth-order valence-electron chi connectivity index (χ4n) is 4.46. The van der Waals surface area contributed by atoms with Gasteiger partial charge in [-0.3, -0.25) is 4.98 Å². The van der Waals surface area contributed by atoms with E-state index >= 15 is 0 Å². The van der Waals surface area contributed by atoms with Crippen LogP contribution < -0.4 is 14.2 Å². The number of hydrogen-bond donors (Lipinski definition) is 0. The molecule has 0 spiro atoms. The highest BCUT2D eigenvalue weighted by molar-refractivity contribution is 6.33. The summed E-state index contributed by atoms with van der Waals surface area (Å²) in [5.74, 6) is 1.41. The summed E-state index contributed by atoms with van der Waals surface area (Å²) in [6.45, 7) is 6.07. The fourth-order valence-corrected chi connectivity index (χ4v) is 4.81. The van der Waals surface area contributed by atoms with Crippen molar-refractivity contribution in [1.82, 2.24) is 9.55 Å². The second kappa shape index (κ2) is 8.74. The summed E-state index contributed by atoms with van der Waals surface area (Å²) in [7, 11) is 3.13. The lowest BCUT2D eigenvalue weighted by Crippen LogP contribution is -2.18. The van der Waals surface area contributed by atoms with E-state index < -0.39 is 6.16 Å². The van der Waals surface area contributed by atoms with Gasteiger partial charge in [-0.2, -0.15) is 0 Å². The quantitative estimate of drug-likeness (QED) is 0.448. The number of pyridine rings is 1. The average Bonchev–Trinajstić information content (AvgIpc) is 3.07. The molecule has 8 heteroatoms. The van der Waals surface area contributed by atoms with Crippen molar-refractivity contribution < 1.29 is 23.7 Å². The Hall–Kier alpha value is -3.19. The van der Waals surface area contributed by atoms with Crippen LogP contribution in [0.3, 0.4) is 0 Å². The Kier molecular flexibility index (Phi) is 6.02. The number of aromatic nitrogens is 2. The number of fused-ring (bicyclic) bond motifs is 3. The summed E-state index contributed by atoms with van der Waals surface area (Å²) in [5, 5.41) is 0.492. The van der Waals surface area contributed by atoms with Gasteiger partial charge in [0.05, 0.1) is 31.5 Å². The number of methoxy groups -OCH3 is 2. The van der Waals surface area contributed by atoms with Crippen molar-refractivity contribution in [3.63, 3.8) is 0 Å². The minimum atomic E-state index is -0.762. The smallest absolute Gasteiger partial charge is 0.493 e. The van der Waals surface area contributed by atoms with Crippen LogP contribution in [-0.4, -0.2) is 36.5 Å². The Bertz CT molecular complexity index is 1170. The number of nitrogens with zero attached hydrogens (tertiary/aromatic N) is 2. The highest BCUT2D eigenvalue weighted by Crippen LogP contribution is 2.53. The van der Waals surface area contributed by atoms with E-state index in [0.717, 1.165) is 33.6 Å². The number of hydrogen-bond acceptors (Lipinski definition) is 6. The van der Waals surface area contributed by atoms with E-state index in [1.54, 1.807) is 33.5 Å². The maximum Gasteiger partial charge on any atom is 0.513 e. The number of halogens is 1. The zero-order valence-electron chi connectivity index (χ0n) is 18.7. The fraction of sp³-hybridized carbons (Fsp3) is 0.333. The van der Waals surface area contributed by atoms with Crippen molar-refractivity contribution in [2.75, 3.05) is 20.8 Å². The van der Waals surface area contributed by atoms with Crippen molar-refractivity contribution in [2.24, 2.45) is 0 Å². The SMILES string of the molecule is CCOC(=O)Oc1c(-c2ccncc2)c(C)n2c1-c1cc(OC)c(OC)c(Cl)c1CC2C. The molecule has 0 saturated carbocycles. The molecule has 3 heterocycles. The lowest BCUT2D eigenvalue weighted by atomic mass is 9.93. The van der Waals surface area contributed by atoms with Gasteiger partial charge >= 0.3 is 6.16 Å². The predicted octanol–water partition coefficient (Wildman–Crippen LogP) is 5.85. The molecule has 168 valence electrons. The molecule has 32 heavy (non-hydrogen) atoms. The molecular formula is C24H25ClN2O5. The van der Waals surface area contributed by atoms with E-state index in [2.05, 4.69) is 16.5 Å². The highest BCUT2D eigenvalue weighted by Gasteiger charge is 2.35. The second-order valence-corrected chi connectivity index (χ2v) is 7.91. The van der Waals surface area contributed by atoms with E-state index in [0.29, 0.717) is 28.7 Å². The van der Waals surface area contributed by atoms with Gasteiger partial charge in [0.1, 0.15) is 0 Å². The molecule has 2 aromatic heterocycles. The van der Waals surface area contributed by atoms with Crippen LogP contribution in [0.15, 0.2) is 30.6 Å². The van der Waals surface area contributed by atoms with Crippen molar-refractivity contribution in [3.05, 3.63) is 46.9 Å². The monoisotopic (exact) mass is 456 g/mol. The molecule has 0 fully saturated rings. The standard InChI is InChI=1S/C24H25ClN2O5/c1-6-31-24(28)32-23-19(15-7-9-26-10-8-15)14(3)27-13(2)11-16-17(21(23)27)12-18(29-4)22(30-5)20(16)25/h7-10,12-13H,6,11H2,1-5H3. The molecule has 0 radical (unpaired) electrons. The largest absolute Gasteiger partial charge is 0.513 e. The van der Waals surface area contributed by atoms with Gasteiger partial charge in [-0.05, 0) is 56.5 Å². The molecule has 7 nitrogen and oxygen atoms in total. The molecule has 0 N–H and O–H groups in total. The van der Waals surface area contributed by atoms with Crippen LogP contribution in [-0.2, 0) is 11.2 Å². The molecule has 1 aliphatic rings. The number of rotatable bonds is 5. The Morgan fingerprint density at radius 1 is 1.22 bits per heavy atom. The Morgan fingerprint density at radius 3 is 2.56 bits per heavy atom. The molecule has 1 aliphatic heterocycles. The molecule has 4 rings (SSSR count). The summed E-state index contributed by atoms with van der Waals surface area (Å²) < 4.78 is 24.1. The lowest BCUT2D eigenvalue weighted by Gasteiger charge is -2.29. The first-order valence-corrected chi connectivity index (χ1v) is 10.7. The summed E-state index contributed by atoms with van der Waals surface area (Å²) >= 11 is 6.76. The first-order chi connectivity index (χ1) is 15.4. The van der Waals surface area contributed by atoms with Gasteiger partial charge in [0.2, 0.25) is 0 Å². The van der Waals surface area contributed by atoms with E-state index in [4.69, 9.17) is 30.5 Å². The van der Waals surface area contributed by atoms with Crippen molar-refractivity contribution in [1.29, 1.82) is 0 Å². The predicted molar refractivity (Wildman–Crippen MR) is 122 cm³/mol. The summed E-state index contributed by atoms with van der Waals surface area (Å²) in [4.78, 5) is 16.6. The molecule has 0 amide bonds. The van der Waals surface area contributed by atoms with Gasteiger partial charge in [0, 0.05) is 35.3 Å². The van der Waals surface area contributed by atoms with Crippen molar-refractivity contribution >= 4 is 17.8 Å². The molecule has 1 atom stereocenters. The summed E-state index contributed by atoms with van der Waals surface area (Å²) in [5.41, 5.74) is 5.15. The normalized spacial score (nSPS) is 14.4. The second-order valence-electron chi connectivity index (χ2n) is 7.53. The zero-order valence-corrected chi connectivity index (χ0v) is 19.4. The Balaban J connectivity index is 2.06. The minimum Gasteiger partial charge on any atom is -0.493 e. The van der Waals surface area contributed by atoms with E-state index in [9.17, 15) is 4.79 Å². The van der Waals surface area contributed by atoms with Crippen LogP contribution in [0.5, 0.6) is 17.2 Å². The maximum absolute atomic E-state index is 12.4. The molecule has 0 saturated heterocycles. The van der Waals surface area contributed by atoms with Gasteiger partial charge in [-0.15, -0.1) is 0 Å². The van der Waals surface area contributed by atoms with Crippen LogP contribution in [0, 0.1) is 6.92 Å². The zero-order chi connectivity index (χ0) is 23.0. The van der Waals surface area contributed by atoms with E-state index in [-0.39, 0.29) is 12.6 Å². The first kappa shape index (κ1) is 22.0. The number of benzene rings is 1. The van der Waals surface area contributed by atoms with E-state index in [1.807, 2.05) is 25.1 Å². The summed E-state index contributed by atoms with van der Waals surface area (Å²) in [6, 6.07) is 5.72. The number of carbonyl (C=O) groups excluding carboxylic acids is 1. The van der Waals surface area contributed by atoms with Crippen LogP contribution in [0.2, 0.25) is 5.02 Å². The van der Waals surface area contributed by atoms with Gasteiger partial charge in [0.25, 0.3) is 0 Å². The Morgan fingerprint density at radius 2 is 1.94 bits per heavy atom. The third-order valence-electron chi connectivity index (χ3n) is 5.73. The van der Waals surface area contributed by atoms with Gasteiger partial charge in [-0.25, -0.2) is 4.79 Å². The number of ether oxygens (including phenoxy) is 4. The van der Waals surface area contributed by atoms with E-state index in [1.165, 1.54) is 0 Å². The molecule has 1 unspecified atom stereocenters. The van der Waals surface area contributed by atoms with Gasteiger partial charge in [-0.1, -0.05) is 11.6 Å². The Labute approximate surface area is 191 Å². The number of carbonyl (C=O) groups is 1. The molecule has 1 aromatic carbocycles. The third kappa shape index (κ3) is 3.46. The molecule has 3 aromatic rings. The van der Waals surface area contributed by atoms with Crippen molar-refractivity contribution in [2.45, 2.75) is 33.2 Å². The van der Waals surface area contributed by atoms with Crippen LogP contribution in [0.25, 0.3) is 22.4 Å². The third-order valence-corrected chi connectivity index (χ3v) is 6.13. The average molecular weight is 457 g/mol. The van der Waals surface area contributed by atoms with Crippen molar-refractivity contribution in [3.8, 4) is 39.6 Å². The minimum absolute atomic E-state index is 0.0632. The van der Waals surface area contributed by atoms with Crippen LogP contribution in [0.1, 0.15) is 31.1 Å². The highest BCUT2D eigenvalue weighted by atomic mass is 35.5. The van der Waals surface area contributed by atoms with Gasteiger partial charge < -0.3 is 23.5 Å². The lowest BCUT2D eigenvalue weighted by molar-refractivity contribution is 0.104. The first-order valence-electron chi connectivity index (χ1n) is 10.4. The molecular weight excluding hydrogens is 432 g/mol. The summed E-state index contributed by atoms with van der Waals surface area (Å²) in [6.07, 6.45) is 3.34. The van der Waals surface area contributed by atoms with Crippen LogP contribution in [0.4, 0.5) is 4.79 Å². The molecule has 0 aliphatic carbocycles. The topological polar surface area (TPSA) is 71.8 Å². The maximum atomic E-state index is 12.4.